The van der Waals surface area contributed by atoms with Crippen LogP contribution in [-0.4, -0.2) is 16.1 Å². The van der Waals surface area contributed by atoms with E-state index in [1.807, 2.05) is 38.1 Å². The van der Waals surface area contributed by atoms with E-state index < -0.39 is 5.97 Å². The molecule has 0 aliphatic heterocycles. The molecular formula is C21H19NO4. The Labute approximate surface area is 150 Å². The van der Waals surface area contributed by atoms with E-state index in [0.29, 0.717) is 28.7 Å². The van der Waals surface area contributed by atoms with Crippen molar-refractivity contribution < 1.29 is 14.3 Å². The van der Waals surface area contributed by atoms with Crippen molar-refractivity contribution in [3.63, 3.8) is 0 Å². The standard InChI is InChI=1S/C21H19NO4/c1-3-5-16-18(11-9-15-7-4-6-13(2)22-15)26-19-10-8-14(21(24)25)12-17(19)20(16)23/h4,6-12H,3,5H2,1-2H3,(H,24,25)/b11-9+. The molecule has 1 N–H and O–H groups in total. The lowest BCUT2D eigenvalue weighted by atomic mass is 10.0. The van der Waals surface area contributed by atoms with Crippen LogP contribution in [0.3, 0.4) is 0 Å². The van der Waals surface area contributed by atoms with Gasteiger partial charge in [0, 0.05) is 11.3 Å². The summed E-state index contributed by atoms with van der Waals surface area (Å²) in [5, 5.41) is 9.44. The number of aromatic carboxylic acids is 1. The molecule has 5 nitrogen and oxygen atoms in total. The van der Waals surface area contributed by atoms with Gasteiger partial charge < -0.3 is 9.52 Å². The maximum absolute atomic E-state index is 12.9. The quantitative estimate of drug-likeness (QED) is 0.742. The molecule has 1 aromatic carbocycles. The van der Waals surface area contributed by atoms with Gasteiger partial charge in [-0.1, -0.05) is 19.4 Å². The van der Waals surface area contributed by atoms with Gasteiger partial charge in [-0.05, 0) is 55.8 Å². The van der Waals surface area contributed by atoms with Crippen LogP contribution in [-0.2, 0) is 6.42 Å². The van der Waals surface area contributed by atoms with Gasteiger partial charge in [0.2, 0.25) is 0 Å². The summed E-state index contributed by atoms with van der Waals surface area (Å²) in [7, 11) is 0. The predicted molar refractivity (Wildman–Crippen MR) is 101 cm³/mol. The van der Waals surface area contributed by atoms with Crippen molar-refractivity contribution in [1.29, 1.82) is 0 Å². The molecule has 2 aromatic heterocycles. The molecule has 2 heterocycles. The number of benzene rings is 1. The molecule has 0 amide bonds. The number of fused-ring (bicyclic) bond motifs is 1. The highest BCUT2D eigenvalue weighted by Crippen LogP contribution is 2.20. The van der Waals surface area contributed by atoms with Crippen molar-refractivity contribution in [3.8, 4) is 0 Å². The number of carboxylic acid groups (broad SMARTS) is 1. The average Bonchev–Trinajstić information content (AvgIpc) is 2.62. The van der Waals surface area contributed by atoms with E-state index in [1.165, 1.54) is 18.2 Å². The normalized spacial score (nSPS) is 11.3. The first-order valence-electron chi connectivity index (χ1n) is 8.44. The minimum atomic E-state index is -1.07. The minimum Gasteiger partial charge on any atom is -0.478 e. The molecule has 3 aromatic rings. The van der Waals surface area contributed by atoms with Crippen molar-refractivity contribution >= 4 is 29.1 Å². The van der Waals surface area contributed by atoms with Crippen LogP contribution < -0.4 is 5.43 Å². The largest absolute Gasteiger partial charge is 0.478 e. The van der Waals surface area contributed by atoms with E-state index in [1.54, 1.807) is 6.08 Å². The maximum Gasteiger partial charge on any atom is 0.335 e. The molecule has 3 rings (SSSR count). The van der Waals surface area contributed by atoms with Gasteiger partial charge in [-0.3, -0.25) is 9.78 Å². The van der Waals surface area contributed by atoms with E-state index in [-0.39, 0.29) is 11.0 Å². The van der Waals surface area contributed by atoms with Crippen LogP contribution in [0.2, 0.25) is 0 Å². The van der Waals surface area contributed by atoms with Gasteiger partial charge in [-0.2, -0.15) is 0 Å². The lowest BCUT2D eigenvalue weighted by molar-refractivity contribution is 0.0697. The molecule has 0 spiro atoms. The third kappa shape index (κ3) is 3.57. The van der Waals surface area contributed by atoms with E-state index in [0.717, 1.165) is 17.8 Å². The van der Waals surface area contributed by atoms with Crippen LogP contribution in [0.15, 0.2) is 45.6 Å². The van der Waals surface area contributed by atoms with Crippen molar-refractivity contribution in [2.24, 2.45) is 0 Å². The first-order chi connectivity index (χ1) is 12.5. The predicted octanol–water partition coefficient (Wildman–Crippen LogP) is 4.32. The lowest BCUT2D eigenvalue weighted by Crippen LogP contribution is -2.12. The van der Waals surface area contributed by atoms with Crippen LogP contribution in [0.4, 0.5) is 0 Å². The molecule has 0 saturated heterocycles. The highest BCUT2D eigenvalue weighted by Gasteiger charge is 2.14. The van der Waals surface area contributed by atoms with Crippen LogP contribution in [0.25, 0.3) is 23.1 Å². The Bertz CT molecular complexity index is 1060. The number of pyridine rings is 1. The number of nitrogens with zero attached hydrogens (tertiary/aromatic N) is 1. The second-order valence-corrected chi connectivity index (χ2v) is 6.08. The van der Waals surface area contributed by atoms with Gasteiger partial charge in [0.25, 0.3) is 0 Å². The van der Waals surface area contributed by atoms with Gasteiger partial charge in [-0.25, -0.2) is 4.79 Å². The number of aryl methyl sites for hydroxylation is 1. The smallest absolute Gasteiger partial charge is 0.335 e. The number of hydrogen-bond acceptors (Lipinski definition) is 4. The zero-order chi connectivity index (χ0) is 18.7. The number of rotatable bonds is 5. The molecule has 0 saturated carbocycles. The van der Waals surface area contributed by atoms with Crippen LogP contribution in [0.5, 0.6) is 0 Å². The van der Waals surface area contributed by atoms with E-state index in [4.69, 9.17) is 9.52 Å². The maximum atomic E-state index is 12.9. The number of aromatic nitrogens is 1. The summed E-state index contributed by atoms with van der Waals surface area (Å²) in [6, 6.07) is 10.0. The summed E-state index contributed by atoms with van der Waals surface area (Å²) in [5.41, 5.74) is 2.48. The van der Waals surface area contributed by atoms with E-state index >= 15 is 0 Å². The molecule has 0 unspecified atom stereocenters. The molecule has 132 valence electrons. The lowest BCUT2D eigenvalue weighted by Gasteiger charge is -2.07. The molecular weight excluding hydrogens is 330 g/mol. The molecule has 0 atom stereocenters. The highest BCUT2D eigenvalue weighted by molar-refractivity contribution is 5.93. The van der Waals surface area contributed by atoms with Crippen LogP contribution in [0.1, 0.15) is 46.4 Å². The first-order valence-corrected chi connectivity index (χ1v) is 8.44. The second-order valence-electron chi connectivity index (χ2n) is 6.08. The number of carbonyl (C=O) groups is 1. The van der Waals surface area contributed by atoms with Crippen molar-refractivity contribution in [1.82, 2.24) is 4.98 Å². The molecule has 0 aliphatic carbocycles. The Morgan fingerprint density at radius 3 is 2.73 bits per heavy atom. The Morgan fingerprint density at radius 1 is 1.23 bits per heavy atom. The Hall–Kier alpha value is -3.21. The zero-order valence-electron chi connectivity index (χ0n) is 14.7. The average molecular weight is 349 g/mol. The summed E-state index contributed by atoms with van der Waals surface area (Å²) < 4.78 is 5.91. The van der Waals surface area contributed by atoms with E-state index in [2.05, 4.69) is 4.98 Å². The molecule has 0 aliphatic rings. The van der Waals surface area contributed by atoms with Crippen molar-refractivity contribution in [2.45, 2.75) is 26.7 Å². The molecule has 0 fully saturated rings. The minimum absolute atomic E-state index is 0.0690. The summed E-state index contributed by atoms with van der Waals surface area (Å²) in [6.45, 7) is 3.89. The Morgan fingerprint density at radius 2 is 2.04 bits per heavy atom. The fraction of sp³-hybridized carbons (Fsp3) is 0.190. The third-order valence-corrected chi connectivity index (χ3v) is 4.08. The van der Waals surface area contributed by atoms with Gasteiger partial charge in [0.15, 0.2) is 5.43 Å². The van der Waals surface area contributed by atoms with Gasteiger partial charge in [0.1, 0.15) is 11.3 Å². The fourth-order valence-electron chi connectivity index (χ4n) is 2.82. The van der Waals surface area contributed by atoms with E-state index in [9.17, 15) is 9.59 Å². The van der Waals surface area contributed by atoms with Crippen molar-refractivity contribution in [2.75, 3.05) is 0 Å². The van der Waals surface area contributed by atoms with Crippen LogP contribution in [0, 0.1) is 6.92 Å². The molecule has 0 bridgehead atoms. The Balaban J connectivity index is 2.15. The topological polar surface area (TPSA) is 80.4 Å². The fourth-order valence-corrected chi connectivity index (χ4v) is 2.82. The highest BCUT2D eigenvalue weighted by atomic mass is 16.4. The Kier molecular flexibility index (Phi) is 4.98. The summed E-state index contributed by atoms with van der Waals surface area (Å²) >= 11 is 0. The summed E-state index contributed by atoms with van der Waals surface area (Å²) in [4.78, 5) is 28.5. The molecule has 0 radical (unpaired) electrons. The molecule has 26 heavy (non-hydrogen) atoms. The first kappa shape index (κ1) is 17.6. The second kappa shape index (κ2) is 7.35. The summed E-state index contributed by atoms with van der Waals surface area (Å²) in [5.74, 6) is -0.589. The molecule has 5 heteroatoms. The van der Waals surface area contributed by atoms with Crippen molar-refractivity contribution in [3.05, 3.63) is 74.9 Å². The zero-order valence-corrected chi connectivity index (χ0v) is 14.7. The SMILES string of the molecule is CCCc1c(/C=C/c2cccc(C)n2)oc2ccc(C(=O)O)cc2c1=O. The van der Waals surface area contributed by atoms with Crippen LogP contribution >= 0.6 is 0 Å². The summed E-state index contributed by atoms with van der Waals surface area (Å²) in [6.07, 6.45) is 4.88. The number of hydrogen-bond donors (Lipinski definition) is 1. The van der Waals surface area contributed by atoms with Gasteiger partial charge in [-0.15, -0.1) is 0 Å². The van der Waals surface area contributed by atoms with Gasteiger partial charge in [0.05, 0.1) is 16.6 Å². The number of carboxylic acids is 1. The van der Waals surface area contributed by atoms with Gasteiger partial charge >= 0.3 is 5.97 Å². The third-order valence-electron chi connectivity index (χ3n) is 4.08. The monoisotopic (exact) mass is 349 g/mol.